The van der Waals surface area contributed by atoms with Gasteiger partial charge < -0.3 is 10.1 Å². The molecule has 0 heterocycles. The second-order valence-corrected chi connectivity index (χ2v) is 7.79. The van der Waals surface area contributed by atoms with E-state index in [1.807, 2.05) is 18.2 Å². The molecule has 1 aromatic rings. The number of ether oxygens (including phenoxy) is 1. The lowest BCUT2D eigenvalue weighted by molar-refractivity contribution is -0.119. The monoisotopic (exact) mass is 385 g/mol. The van der Waals surface area contributed by atoms with Crippen LogP contribution in [0.4, 0.5) is 0 Å². The van der Waals surface area contributed by atoms with Crippen LogP contribution in [0.25, 0.3) is 0 Å². The molecule has 1 saturated carbocycles. The van der Waals surface area contributed by atoms with Crippen molar-refractivity contribution in [1.29, 1.82) is 0 Å². The fraction of sp³-hybridized carbons (Fsp3) is 0.588. The quantitative estimate of drug-likeness (QED) is 0.788. The fourth-order valence-corrected chi connectivity index (χ4v) is 4.12. The number of carbonyl (C=O) groups excluding carboxylic acids is 1. The summed E-state index contributed by atoms with van der Waals surface area (Å²) in [6, 6.07) is 6.32. The molecule has 22 heavy (non-hydrogen) atoms. The van der Waals surface area contributed by atoms with Crippen molar-refractivity contribution in [2.75, 3.05) is 12.9 Å². The molecule has 1 aliphatic rings. The molecule has 0 bridgehead atoms. The maximum absolute atomic E-state index is 12.1. The van der Waals surface area contributed by atoms with Crippen LogP contribution < -0.4 is 10.1 Å². The minimum Gasteiger partial charge on any atom is -0.496 e. The highest BCUT2D eigenvalue weighted by Gasteiger charge is 2.22. The number of amides is 1. The summed E-state index contributed by atoms with van der Waals surface area (Å²) >= 11 is 5.10. The number of hydrogen-bond donors (Lipinski definition) is 1. The largest absolute Gasteiger partial charge is 0.496 e. The predicted octanol–water partition coefficient (Wildman–Crippen LogP) is 4.39. The number of thioether (sulfide) groups is 1. The molecule has 2 atom stereocenters. The van der Waals surface area contributed by atoms with Crippen molar-refractivity contribution in [1.82, 2.24) is 5.32 Å². The summed E-state index contributed by atoms with van der Waals surface area (Å²) in [4.78, 5) is 12.1. The molecule has 1 aliphatic carbocycles. The molecule has 0 radical (unpaired) electrons. The van der Waals surface area contributed by atoms with E-state index >= 15 is 0 Å². The van der Waals surface area contributed by atoms with Gasteiger partial charge in [0.25, 0.3) is 0 Å². The van der Waals surface area contributed by atoms with Gasteiger partial charge in [0.1, 0.15) is 5.75 Å². The van der Waals surface area contributed by atoms with Crippen LogP contribution in [-0.4, -0.2) is 24.8 Å². The second kappa shape index (κ2) is 8.82. The third-order valence-electron chi connectivity index (χ3n) is 4.19. The third-order valence-corrected chi connectivity index (χ3v) is 5.67. The van der Waals surface area contributed by atoms with Crippen LogP contribution in [0.1, 0.15) is 38.2 Å². The van der Waals surface area contributed by atoms with Gasteiger partial charge in [0.2, 0.25) is 5.91 Å². The molecule has 0 spiro atoms. The number of carbonyl (C=O) groups is 1. The minimum absolute atomic E-state index is 0.151. The van der Waals surface area contributed by atoms with Crippen LogP contribution in [-0.2, 0) is 10.5 Å². The Balaban J connectivity index is 1.78. The topological polar surface area (TPSA) is 38.3 Å². The summed E-state index contributed by atoms with van der Waals surface area (Å²) < 4.78 is 6.39. The summed E-state index contributed by atoms with van der Waals surface area (Å²) in [6.45, 7) is 2.24. The number of hydrogen-bond acceptors (Lipinski definition) is 3. The molecule has 2 rings (SSSR count). The minimum atomic E-state index is 0.151. The van der Waals surface area contributed by atoms with E-state index in [1.165, 1.54) is 19.3 Å². The number of methoxy groups -OCH3 is 1. The zero-order chi connectivity index (χ0) is 15.9. The summed E-state index contributed by atoms with van der Waals surface area (Å²) in [7, 11) is 1.68. The van der Waals surface area contributed by atoms with Crippen molar-refractivity contribution >= 4 is 33.6 Å². The first-order valence-electron chi connectivity index (χ1n) is 7.79. The molecule has 5 heteroatoms. The highest BCUT2D eigenvalue weighted by atomic mass is 79.9. The zero-order valence-electron chi connectivity index (χ0n) is 13.2. The third kappa shape index (κ3) is 5.20. The van der Waals surface area contributed by atoms with Crippen molar-refractivity contribution < 1.29 is 9.53 Å². The standard InChI is InChI=1S/C17H24BrNO2S/c1-12-5-3-4-6-15(12)19-17(20)11-22-10-13-9-14(18)7-8-16(13)21-2/h7-9,12,15H,3-6,10-11H2,1-2H3,(H,19,20)/t12-,15+/m0/s1. The van der Waals surface area contributed by atoms with Gasteiger partial charge in [-0.1, -0.05) is 35.7 Å². The molecular formula is C17H24BrNO2S. The van der Waals surface area contributed by atoms with Crippen LogP contribution >= 0.6 is 27.7 Å². The average Bonchev–Trinajstić information content (AvgIpc) is 2.50. The van der Waals surface area contributed by atoms with Gasteiger partial charge in [-0.2, -0.15) is 0 Å². The molecule has 3 nitrogen and oxygen atoms in total. The zero-order valence-corrected chi connectivity index (χ0v) is 15.6. The van der Waals surface area contributed by atoms with E-state index in [2.05, 4.69) is 28.2 Å². The van der Waals surface area contributed by atoms with Crippen molar-refractivity contribution in [3.05, 3.63) is 28.2 Å². The highest BCUT2D eigenvalue weighted by Crippen LogP contribution is 2.27. The Labute approximate surface area is 145 Å². The Morgan fingerprint density at radius 2 is 2.18 bits per heavy atom. The SMILES string of the molecule is COc1ccc(Br)cc1CSCC(=O)N[C@@H]1CCCC[C@@H]1C. The lowest BCUT2D eigenvalue weighted by atomic mass is 9.86. The first-order chi connectivity index (χ1) is 10.6. The Kier molecular flexibility index (Phi) is 7.09. The molecule has 122 valence electrons. The molecule has 1 fully saturated rings. The Morgan fingerprint density at radius 1 is 1.41 bits per heavy atom. The van der Waals surface area contributed by atoms with Crippen LogP contribution in [0.2, 0.25) is 0 Å². The molecule has 0 saturated heterocycles. The van der Waals surface area contributed by atoms with Gasteiger partial charge in [-0.25, -0.2) is 0 Å². The number of nitrogens with one attached hydrogen (secondary N) is 1. The summed E-state index contributed by atoms with van der Waals surface area (Å²) in [5.41, 5.74) is 1.11. The van der Waals surface area contributed by atoms with E-state index in [4.69, 9.17) is 4.74 Å². The molecule has 1 aromatic carbocycles. The van der Waals surface area contributed by atoms with Crippen LogP contribution in [0.15, 0.2) is 22.7 Å². The van der Waals surface area contributed by atoms with E-state index < -0.39 is 0 Å². The highest BCUT2D eigenvalue weighted by molar-refractivity contribution is 9.10. The number of halogens is 1. The first kappa shape index (κ1) is 17.7. The lowest BCUT2D eigenvalue weighted by Gasteiger charge is -2.29. The van der Waals surface area contributed by atoms with E-state index in [0.717, 1.165) is 28.0 Å². The Hall–Kier alpha value is -0.680. The molecule has 0 aromatic heterocycles. The van der Waals surface area contributed by atoms with E-state index in [1.54, 1.807) is 18.9 Å². The Morgan fingerprint density at radius 3 is 2.91 bits per heavy atom. The smallest absolute Gasteiger partial charge is 0.230 e. The van der Waals surface area contributed by atoms with Crippen molar-refractivity contribution in [2.24, 2.45) is 5.92 Å². The van der Waals surface area contributed by atoms with Crippen LogP contribution in [0, 0.1) is 5.92 Å². The van der Waals surface area contributed by atoms with E-state index in [0.29, 0.717) is 17.7 Å². The molecule has 1 amide bonds. The summed E-state index contributed by atoms with van der Waals surface area (Å²) in [5, 5.41) is 3.19. The van der Waals surface area contributed by atoms with Gasteiger partial charge in [-0.05, 0) is 37.0 Å². The normalized spacial score (nSPS) is 21.4. The van der Waals surface area contributed by atoms with Gasteiger partial charge in [-0.3, -0.25) is 4.79 Å². The number of benzene rings is 1. The van der Waals surface area contributed by atoms with Crippen molar-refractivity contribution in [3.8, 4) is 5.75 Å². The van der Waals surface area contributed by atoms with Gasteiger partial charge in [0, 0.05) is 21.8 Å². The van der Waals surface area contributed by atoms with Crippen LogP contribution in [0.5, 0.6) is 5.75 Å². The van der Waals surface area contributed by atoms with E-state index in [9.17, 15) is 4.79 Å². The molecule has 0 unspecified atom stereocenters. The van der Waals surface area contributed by atoms with Crippen molar-refractivity contribution in [2.45, 2.75) is 44.4 Å². The van der Waals surface area contributed by atoms with Crippen molar-refractivity contribution in [3.63, 3.8) is 0 Å². The first-order valence-corrected chi connectivity index (χ1v) is 9.74. The number of rotatable bonds is 6. The maximum atomic E-state index is 12.1. The van der Waals surface area contributed by atoms with E-state index in [-0.39, 0.29) is 5.91 Å². The second-order valence-electron chi connectivity index (χ2n) is 5.88. The lowest BCUT2D eigenvalue weighted by Crippen LogP contribution is -2.41. The van der Waals surface area contributed by atoms with Gasteiger partial charge in [-0.15, -0.1) is 11.8 Å². The van der Waals surface area contributed by atoms with Gasteiger partial charge in [0.15, 0.2) is 0 Å². The summed E-state index contributed by atoms with van der Waals surface area (Å²) in [6.07, 6.45) is 4.88. The molecular weight excluding hydrogens is 362 g/mol. The molecule has 0 aliphatic heterocycles. The summed E-state index contributed by atoms with van der Waals surface area (Å²) in [5.74, 6) is 2.90. The maximum Gasteiger partial charge on any atom is 0.230 e. The van der Waals surface area contributed by atoms with Gasteiger partial charge >= 0.3 is 0 Å². The molecule has 1 N–H and O–H groups in total. The predicted molar refractivity (Wildman–Crippen MR) is 96.4 cm³/mol. The fourth-order valence-electron chi connectivity index (χ4n) is 2.89. The van der Waals surface area contributed by atoms with Crippen LogP contribution in [0.3, 0.4) is 0 Å². The Bertz CT molecular complexity index is 509. The average molecular weight is 386 g/mol. The van der Waals surface area contributed by atoms with Gasteiger partial charge in [0.05, 0.1) is 12.9 Å².